The Kier molecular flexibility index (Phi) is 6.39. The number of carbonyl (C=O) groups excluding carboxylic acids is 2. The highest BCUT2D eigenvalue weighted by atomic mass is 32.2. The lowest BCUT2D eigenvalue weighted by molar-refractivity contribution is -0.136. The summed E-state index contributed by atoms with van der Waals surface area (Å²) in [4.78, 5) is 26.9. The normalized spacial score (nSPS) is 18.1. The van der Waals surface area contributed by atoms with Crippen LogP contribution in [0, 0.1) is 0 Å². The van der Waals surface area contributed by atoms with Crippen molar-refractivity contribution in [3.8, 4) is 5.69 Å². The van der Waals surface area contributed by atoms with Gasteiger partial charge in [0.25, 0.3) is 5.91 Å². The lowest BCUT2D eigenvalue weighted by Gasteiger charge is -2.28. The molecule has 1 atom stereocenters. The van der Waals surface area contributed by atoms with Gasteiger partial charge >= 0.3 is 5.97 Å². The van der Waals surface area contributed by atoms with Crippen molar-refractivity contribution in [1.82, 2.24) is 25.1 Å². The molecule has 1 amide bonds. The molecule has 0 N–H and O–H groups in total. The molecule has 0 bridgehead atoms. The van der Waals surface area contributed by atoms with Crippen molar-refractivity contribution in [1.29, 1.82) is 0 Å². The second kappa shape index (κ2) is 8.78. The molecule has 1 aliphatic heterocycles. The van der Waals surface area contributed by atoms with Gasteiger partial charge in [0, 0.05) is 12.6 Å². The number of thiophene rings is 1. The van der Waals surface area contributed by atoms with Crippen LogP contribution in [-0.2, 0) is 19.4 Å². The van der Waals surface area contributed by atoms with Gasteiger partial charge in [-0.1, -0.05) is 13.3 Å². The number of carbonyl (C=O) groups is 2. The van der Waals surface area contributed by atoms with E-state index in [-0.39, 0.29) is 28.3 Å². The number of nitrogens with zero attached hydrogens (tertiary/aromatic N) is 5. The summed E-state index contributed by atoms with van der Waals surface area (Å²) >= 11 is 1.16. The smallest absolute Gasteiger partial charge is 0.351 e. The van der Waals surface area contributed by atoms with Gasteiger partial charge in [0.2, 0.25) is 0 Å². The molecule has 2 aromatic heterocycles. The Morgan fingerprint density at radius 2 is 2.25 bits per heavy atom. The maximum atomic E-state index is 12.7. The summed E-state index contributed by atoms with van der Waals surface area (Å²) < 4.78 is 30.1. The topological polar surface area (TPSA) is 124 Å². The van der Waals surface area contributed by atoms with Crippen molar-refractivity contribution in [2.24, 2.45) is 0 Å². The van der Waals surface area contributed by atoms with Crippen molar-refractivity contribution < 1.29 is 22.7 Å². The standard InChI is InChI=1S/C16H21N5O5S2/c1-2-3-6-20(12-5-8-28(24,25)10-12)14(22)9-26-16(23)15-13(4-7-27-15)21-11-17-18-19-21/h4,7,11-12H,2-3,5-6,8-10H2,1H3. The third-order valence-electron chi connectivity index (χ3n) is 4.47. The number of rotatable bonds is 8. The first kappa shape index (κ1) is 20.4. The highest BCUT2D eigenvalue weighted by Gasteiger charge is 2.34. The average molecular weight is 428 g/mol. The zero-order chi connectivity index (χ0) is 20.1. The summed E-state index contributed by atoms with van der Waals surface area (Å²) in [6, 6.07) is 1.32. The molecule has 2 aromatic rings. The molecule has 0 spiro atoms. The Hall–Kier alpha value is -2.34. The molecule has 1 unspecified atom stereocenters. The highest BCUT2D eigenvalue weighted by Crippen LogP contribution is 2.22. The van der Waals surface area contributed by atoms with Gasteiger partial charge in [0.1, 0.15) is 11.2 Å². The fraction of sp³-hybridized carbons (Fsp3) is 0.562. The first-order valence-electron chi connectivity index (χ1n) is 8.89. The molecule has 3 rings (SSSR count). The maximum absolute atomic E-state index is 12.7. The second-order valence-corrected chi connectivity index (χ2v) is 9.61. The monoisotopic (exact) mass is 427 g/mol. The van der Waals surface area contributed by atoms with Crippen molar-refractivity contribution in [3.05, 3.63) is 22.7 Å². The SMILES string of the molecule is CCCCN(C(=O)COC(=O)c1sccc1-n1cnnn1)C1CCS(=O)(=O)C1. The van der Waals surface area contributed by atoms with Crippen molar-refractivity contribution >= 4 is 33.1 Å². The fourth-order valence-corrected chi connectivity index (χ4v) is 5.54. The number of aromatic nitrogens is 4. The van der Waals surface area contributed by atoms with E-state index in [9.17, 15) is 18.0 Å². The zero-order valence-electron chi connectivity index (χ0n) is 15.4. The van der Waals surface area contributed by atoms with E-state index in [4.69, 9.17) is 4.74 Å². The molecule has 0 aromatic carbocycles. The predicted octanol–water partition coefficient (Wildman–Crippen LogP) is 0.696. The largest absolute Gasteiger partial charge is 0.451 e. The molecule has 0 aliphatic carbocycles. The van der Waals surface area contributed by atoms with Gasteiger partial charge in [-0.15, -0.1) is 16.4 Å². The van der Waals surface area contributed by atoms with Crippen LogP contribution in [0.2, 0.25) is 0 Å². The molecular formula is C16H21N5O5S2. The molecule has 1 saturated heterocycles. The van der Waals surface area contributed by atoms with E-state index in [0.717, 1.165) is 24.2 Å². The first-order chi connectivity index (χ1) is 13.4. The molecule has 1 fully saturated rings. The van der Waals surface area contributed by atoms with Gasteiger partial charge in [-0.3, -0.25) is 4.79 Å². The minimum absolute atomic E-state index is 0.0369. The molecule has 0 radical (unpaired) electrons. The highest BCUT2D eigenvalue weighted by molar-refractivity contribution is 7.91. The first-order valence-corrected chi connectivity index (χ1v) is 11.6. The molecule has 28 heavy (non-hydrogen) atoms. The van der Waals surface area contributed by atoms with Gasteiger partial charge in [0.05, 0.1) is 17.2 Å². The third-order valence-corrected chi connectivity index (χ3v) is 7.11. The fourth-order valence-electron chi connectivity index (χ4n) is 3.04. The van der Waals surface area contributed by atoms with Crippen LogP contribution in [0.1, 0.15) is 35.9 Å². The van der Waals surface area contributed by atoms with Crippen molar-refractivity contribution in [2.75, 3.05) is 24.7 Å². The third kappa shape index (κ3) is 4.73. The predicted molar refractivity (Wildman–Crippen MR) is 101 cm³/mol. The van der Waals surface area contributed by atoms with Gasteiger partial charge in [-0.2, -0.15) is 4.68 Å². The average Bonchev–Trinajstić information content (AvgIpc) is 3.40. The number of hydrogen-bond donors (Lipinski definition) is 0. The van der Waals surface area contributed by atoms with Crippen molar-refractivity contribution in [2.45, 2.75) is 32.2 Å². The van der Waals surface area contributed by atoms with E-state index in [2.05, 4.69) is 15.5 Å². The number of esters is 1. The Balaban J connectivity index is 1.64. The summed E-state index contributed by atoms with van der Waals surface area (Å²) in [5.74, 6) is -0.990. The minimum atomic E-state index is -3.12. The van der Waals surface area contributed by atoms with E-state index < -0.39 is 22.4 Å². The van der Waals surface area contributed by atoms with Gasteiger partial charge in [0.15, 0.2) is 16.4 Å². The Bertz CT molecular complexity index is 925. The summed E-state index contributed by atoms with van der Waals surface area (Å²) in [5.41, 5.74) is 0.470. The number of ether oxygens (including phenoxy) is 1. The number of amides is 1. The molecular weight excluding hydrogens is 406 g/mol. The van der Waals surface area contributed by atoms with Crippen LogP contribution < -0.4 is 0 Å². The van der Waals surface area contributed by atoms with Crippen LogP contribution in [0.4, 0.5) is 0 Å². The molecule has 1 aliphatic rings. The number of tetrazole rings is 1. The zero-order valence-corrected chi connectivity index (χ0v) is 17.0. The summed E-state index contributed by atoms with van der Waals surface area (Å²) in [6.45, 7) is 2.00. The Morgan fingerprint density at radius 3 is 2.89 bits per heavy atom. The van der Waals surface area contributed by atoms with Crippen LogP contribution >= 0.6 is 11.3 Å². The Labute approximate surface area is 166 Å². The molecule has 152 valence electrons. The van der Waals surface area contributed by atoms with Gasteiger partial charge in [-0.25, -0.2) is 13.2 Å². The van der Waals surface area contributed by atoms with Crippen LogP contribution in [0.15, 0.2) is 17.8 Å². The minimum Gasteiger partial charge on any atom is -0.451 e. The number of hydrogen-bond acceptors (Lipinski definition) is 9. The van der Waals surface area contributed by atoms with E-state index >= 15 is 0 Å². The maximum Gasteiger partial charge on any atom is 0.351 e. The summed E-state index contributed by atoms with van der Waals surface area (Å²) in [6.07, 6.45) is 3.40. The van der Waals surface area contributed by atoms with E-state index in [0.29, 0.717) is 18.7 Å². The molecule has 0 saturated carbocycles. The lowest BCUT2D eigenvalue weighted by Crippen LogP contribution is -2.43. The summed E-state index contributed by atoms with van der Waals surface area (Å²) in [7, 11) is -3.12. The van der Waals surface area contributed by atoms with E-state index in [1.165, 1.54) is 15.9 Å². The van der Waals surface area contributed by atoms with Gasteiger partial charge < -0.3 is 9.64 Å². The van der Waals surface area contributed by atoms with Crippen LogP contribution in [0.3, 0.4) is 0 Å². The number of sulfone groups is 1. The Morgan fingerprint density at radius 1 is 1.43 bits per heavy atom. The quantitative estimate of drug-likeness (QED) is 0.564. The van der Waals surface area contributed by atoms with Crippen LogP contribution in [-0.4, -0.2) is 76.1 Å². The summed E-state index contributed by atoms with van der Waals surface area (Å²) in [5, 5.41) is 12.5. The molecule has 10 nitrogen and oxygen atoms in total. The van der Waals surface area contributed by atoms with E-state index in [1.807, 2.05) is 6.92 Å². The van der Waals surface area contributed by atoms with Crippen LogP contribution in [0.25, 0.3) is 5.69 Å². The molecule has 3 heterocycles. The second-order valence-electron chi connectivity index (χ2n) is 6.46. The van der Waals surface area contributed by atoms with E-state index in [1.54, 1.807) is 11.4 Å². The lowest BCUT2D eigenvalue weighted by atomic mass is 10.2. The number of unbranched alkanes of at least 4 members (excludes halogenated alkanes) is 1. The molecule has 12 heteroatoms. The van der Waals surface area contributed by atoms with Crippen LogP contribution in [0.5, 0.6) is 0 Å². The van der Waals surface area contributed by atoms with Crippen molar-refractivity contribution in [3.63, 3.8) is 0 Å². The van der Waals surface area contributed by atoms with Gasteiger partial charge in [-0.05, 0) is 34.7 Å².